The molecule has 146 valence electrons. The van der Waals surface area contributed by atoms with Gasteiger partial charge in [-0.1, -0.05) is 30.3 Å². The molecule has 1 aliphatic heterocycles. The fourth-order valence-corrected chi connectivity index (χ4v) is 6.34. The van der Waals surface area contributed by atoms with Crippen molar-refractivity contribution < 1.29 is 22.7 Å². The summed E-state index contributed by atoms with van der Waals surface area (Å²) in [6.45, 7) is 1.99. The first-order valence-electron chi connectivity index (χ1n) is 8.85. The van der Waals surface area contributed by atoms with Gasteiger partial charge in [-0.15, -0.1) is 0 Å². The fraction of sp³-hybridized carbons (Fsp3) is 0.0909. The second-order valence-corrected chi connectivity index (χ2v) is 9.87. The van der Waals surface area contributed by atoms with Crippen molar-refractivity contribution in [3.8, 4) is 5.75 Å². The van der Waals surface area contributed by atoms with Gasteiger partial charge in [0, 0.05) is 15.4 Å². The van der Waals surface area contributed by atoms with E-state index in [1.165, 1.54) is 24.3 Å². The molecular weight excluding hydrogens is 408 g/mol. The van der Waals surface area contributed by atoms with Gasteiger partial charge in [0.05, 0.1) is 22.0 Å². The molecule has 3 aromatic rings. The van der Waals surface area contributed by atoms with Crippen LogP contribution in [0.4, 0.5) is 0 Å². The Balaban J connectivity index is 2.03. The molecule has 1 unspecified atom stereocenters. The van der Waals surface area contributed by atoms with Crippen LogP contribution in [0.15, 0.2) is 86.3 Å². The molecule has 4 rings (SSSR count). The van der Waals surface area contributed by atoms with Crippen LogP contribution in [0.3, 0.4) is 0 Å². The van der Waals surface area contributed by atoms with Crippen LogP contribution in [0.25, 0.3) is 0 Å². The van der Waals surface area contributed by atoms with Crippen molar-refractivity contribution >= 4 is 31.3 Å². The SMILES string of the molecule is CCOc1cc(S(=O)(=O)c2ccccc2)cc2c1C(=O)c1ccccc1S2=C=O. The molecule has 1 aliphatic rings. The monoisotopic (exact) mass is 424 g/mol. The maximum Gasteiger partial charge on any atom is 0.206 e. The topological polar surface area (TPSA) is 77.5 Å². The van der Waals surface area contributed by atoms with Crippen LogP contribution in [-0.2, 0) is 14.6 Å². The zero-order valence-electron chi connectivity index (χ0n) is 15.4. The lowest BCUT2D eigenvalue weighted by Crippen LogP contribution is -2.15. The van der Waals surface area contributed by atoms with Gasteiger partial charge in [0.25, 0.3) is 0 Å². The fourth-order valence-electron chi connectivity index (χ4n) is 3.29. The summed E-state index contributed by atoms with van der Waals surface area (Å²) in [5, 5.41) is 2.00. The van der Waals surface area contributed by atoms with Crippen molar-refractivity contribution in [3.05, 3.63) is 77.9 Å². The van der Waals surface area contributed by atoms with Crippen molar-refractivity contribution in [2.24, 2.45) is 0 Å². The lowest BCUT2D eigenvalue weighted by atomic mass is 10.0. The maximum atomic E-state index is 13.2. The Morgan fingerprint density at radius 1 is 0.931 bits per heavy atom. The lowest BCUT2D eigenvalue weighted by molar-refractivity contribution is 0.102. The van der Waals surface area contributed by atoms with E-state index >= 15 is 0 Å². The first kappa shape index (κ1) is 19.3. The highest BCUT2D eigenvalue weighted by molar-refractivity contribution is 8.14. The van der Waals surface area contributed by atoms with Crippen LogP contribution in [0.1, 0.15) is 22.8 Å². The van der Waals surface area contributed by atoms with E-state index in [2.05, 4.69) is 0 Å². The molecule has 29 heavy (non-hydrogen) atoms. The van der Waals surface area contributed by atoms with Gasteiger partial charge in [-0.3, -0.25) is 4.79 Å². The number of sulfone groups is 1. The minimum absolute atomic E-state index is 0.0224. The van der Waals surface area contributed by atoms with Crippen LogP contribution in [0, 0.1) is 0 Å². The molecule has 1 atom stereocenters. The Kier molecular flexibility index (Phi) is 4.96. The number of rotatable bonds is 4. The van der Waals surface area contributed by atoms with E-state index in [-0.39, 0.29) is 33.5 Å². The molecule has 0 aromatic heterocycles. The summed E-state index contributed by atoms with van der Waals surface area (Å²) in [5.74, 6) is -0.131. The van der Waals surface area contributed by atoms with E-state index in [1.54, 1.807) is 49.4 Å². The third kappa shape index (κ3) is 3.13. The number of fused-ring (bicyclic) bond motifs is 2. The van der Waals surface area contributed by atoms with Crippen LogP contribution in [0.2, 0.25) is 0 Å². The standard InChI is InChI=1S/C22H16O5S2/c1-2-27-18-12-16(29(25,26)15-8-4-3-5-9-15)13-20-21(18)22(24)17-10-6-7-11-19(17)28(20)14-23/h3-13H,2H2,1H3. The summed E-state index contributed by atoms with van der Waals surface area (Å²) >= 11 is 0. The van der Waals surface area contributed by atoms with Gasteiger partial charge < -0.3 is 4.74 Å². The third-order valence-electron chi connectivity index (χ3n) is 4.59. The number of carbonyl (C=O) groups excluding carboxylic acids is 2. The maximum absolute atomic E-state index is 13.2. The molecule has 0 saturated heterocycles. The molecule has 0 spiro atoms. The molecule has 0 fully saturated rings. The smallest absolute Gasteiger partial charge is 0.206 e. The highest BCUT2D eigenvalue weighted by Gasteiger charge is 2.33. The predicted molar refractivity (Wildman–Crippen MR) is 109 cm³/mol. The number of benzene rings is 3. The third-order valence-corrected chi connectivity index (χ3v) is 8.06. The molecule has 0 bridgehead atoms. The second kappa shape index (κ2) is 7.44. The van der Waals surface area contributed by atoms with E-state index in [1.807, 2.05) is 5.23 Å². The number of carbonyl (C=O) groups is 1. The molecule has 1 heterocycles. The van der Waals surface area contributed by atoms with E-state index in [0.29, 0.717) is 15.4 Å². The van der Waals surface area contributed by atoms with E-state index < -0.39 is 20.3 Å². The summed E-state index contributed by atoms with van der Waals surface area (Å²) < 4.78 is 32.0. The quantitative estimate of drug-likeness (QED) is 0.459. The minimum Gasteiger partial charge on any atom is -0.493 e. The molecule has 7 heteroatoms. The van der Waals surface area contributed by atoms with Crippen LogP contribution in [-0.4, -0.2) is 26.0 Å². The first-order valence-corrected chi connectivity index (χ1v) is 11.6. The Bertz CT molecular complexity index is 1290. The van der Waals surface area contributed by atoms with Gasteiger partial charge >= 0.3 is 0 Å². The zero-order valence-corrected chi connectivity index (χ0v) is 17.0. The van der Waals surface area contributed by atoms with Crippen LogP contribution >= 0.6 is 10.5 Å². The summed E-state index contributed by atoms with van der Waals surface area (Å²) in [6, 6.07) is 17.6. The number of ketones is 1. The van der Waals surface area contributed by atoms with Crippen LogP contribution in [0.5, 0.6) is 5.75 Å². The number of hydrogen-bond acceptors (Lipinski definition) is 5. The van der Waals surface area contributed by atoms with Crippen molar-refractivity contribution in [3.63, 3.8) is 0 Å². The first-order chi connectivity index (χ1) is 14.0. The summed E-state index contributed by atoms with van der Waals surface area (Å²) in [6.07, 6.45) is 0. The predicted octanol–water partition coefficient (Wildman–Crippen LogP) is 4.22. The summed E-state index contributed by atoms with van der Waals surface area (Å²) in [5.41, 5.74) is 0.635. The van der Waals surface area contributed by atoms with E-state index in [0.717, 1.165) is 0 Å². The second-order valence-electron chi connectivity index (χ2n) is 6.26. The van der Waals surface area contributed by atoms with E-state index in [9.17, 15) is 18.0 Å². The van der Waals surface area contributed by atoms with Crippen molar-refractivity contribution in [2.75, 3.05) is 6.61 Å². The molecule has 5 nitrogen and oxygen atoms in total. The van der Waals surface area contributed by atoms with Crippen molar-refractivity contribution in [1.29, 1.82) is 0 Å². The lowest BCUT2D eigenvalue weighted by Gasteiger charge is -2.23. The summed E-state index contributed by atoms with van der Waals surface area (Å²) in [4.78, 5) is 26.0. The Hall–Kier alpha value is -2.99. The van der Waals surface area contributed by atoms with E-state index in [4.69, 9.17) is 4.74 Å². The highest BCUT2D eigenvalue weighted by atomic mass is 32.2. The highest BCUT2D eigenvalue weighted by Crippen LogP contribution is 2.48. The van der Waals surface area contributed by atoms with Gasteiger partial charge in [0.2, 0.25) is 9.84 Å². The average Bonchev–Trinajstić information content (AvgIpc) is 2.74. The number of ether oxygens (including phenoxy) is 1. The van der Waals surface area contributed by atoms with Gasteiger partial charge in [-0.25, -0.2) is 13.2 Å². The molecule has 0 radical (unpaired) electrons. The molecule has 0 aliphatic carbocycles. The van der Waals surface area contributed by atoms with Gasteiger partial charge in [0.1, 0.15) is 5.75 Å². The van der Waals surface area contributed by atoms with Crippen molar-refractivity contribution in [1.82, 2.24) is 0 Å². The minimum atomic E-state index is -3.86. The molecule has 0 N–H and O–H groups in total. The van der Waals surface area contributed by atoms with Gasteiger partial charge in [-0.2, -0.15) is 0 Å². The Morgan fingerprint density at radius 3 is 2.31 bits per heavy atom. The Labute approximate surface area is 170 Å². The molecule has 0 saturated carbocycles. The van der Waals surface area contributed by atoms with Gasteiger partial charge in [0.15, 0.2) is 11.0 Å². The largest absolute Gasteiger partial charge is 0.493 e. The average molecular weight is 424 g/mol. The van der Waals surface area contributed by atoms with Crippen LogP contribution < -0.4 is 4.74 Å². The molecule has 3 aromatic carbocycles. The Morgan fingerprint density at radius 2 is 1.62 bits per heavy atom. The normalized spacial score (nSPS) is 15.2. The molecular formula is C22H16O5S2. The van der Waals surface area contributed by atoms with Crippen molar-refractivity contribution in [2.45, 2.75) is 26.5 Å². The summed E-state index contributed by atoms with van der Waals surface area (Å²) in [7, 11) is -5.06. The molecule has 0 amide bonds. The zero-order chi connectivity index (χ0) is 20.6. The number of hydrogen-bond donors (Lipinski definition) is 0. The van der Waals surface area contributed by atoms with Gasteiger partial charge in [-0.05, 0) is 53.8 Å².